The van der Waals surface area contributed by atoms with Crippen LogP contribution in [0.1, 0.15) is 25.7 Å². The van der Waals surface area contributed by atoms with Crippen LogP contribution in [0.5, 0.6) is 0 Å². The molecule has 2 N–H and O–H groups in total. The molecule has 2 heterocycles. The van der Waals surface area contributed by atoms with Crippen molar-refractivity contribution in [2.24, 2.45) is 0 Å². The fourth-order valence-electron chi connectivity index (χ4n) is 3.49. The Morgan fingerprint density at radius 2 is 1.77 bits per heavy atom. The van der Waals surface area contributed by atoms with Crippen LogP contribution in [0.15, 0.2) is 60.0 Å². The molecule has 2 aromatic heterocycles. The van der Waals surface area contributed by atoms with Gasteiger partial charge in [0.05, 0.1) is 5.75 Å². The molecular formula is C22H24N6O2S. The van der Waals surface area contributed by atoms with E-state index in [2.05, 4.69) is 25.7 Å². The number of nitrogens with one attached hydrogen (secondary N) is 2. The summed E-state index contributed by atoms with van der Waals surface area (Å²) >= 11 is 1.28. The molecular weight excluding hydrogens is 412 g/mol. The summed E-state index contributed by atoms with van der Waals surface area (Å²) in [5.41, 5.74) is 1.52. The van der Waals surface area contributed by atoms with Crippen LogP contribution in [0.2, 0.25) is 0 Å². The molecule has 0 saturated heterocycles. The van der Waals surface area contributed by atoms with Gasteiger partial charge in [0, 0.05) is 29.7 Å². The first-order valence-electron chi connectivity index (χ1n) is 10.3. The van der Waals surface area contributed by atoms with Crippen molar-refractivity contribution in [3.05, 3.63) is 54.9 Å². The highest BCUT2D eigenvalue weighted by Gasteiger charge is 2.19. The van der Waals surface area contributed by atoms with Gasteiger partial charge >= 0.3 is 0 Å². The maximum absolute atomic E-state index is 12.5. The highest BCUT2D eigenvalue weighted by molar-refractivity contribution is 7.99. The largest absolute Gasteiger partial charge is 0.353 e. The summed E-state index contributed by atoms with van der Waals surface area (Å²) in [5.74, 6) is 0.486. The second kappa shape index (κ2) is 10.2. The van der Waals surface area contributed by atoms with Gasteiger partial charge in [0.25, 0.3) is 0 Å². The number of rotatable bonds is 8. The van der Waals surface area contributed by atoms with Crippen molar-refractivity contribution in [1.29, 1.82) is 0 Å². The molecule has 0 unspecified atom stereocenters. The van der Waals surface area contributed by atoms with E-state index >= 15 is 0 Å². The number of thioether (sulfide) groups is 1. The van der Waals surface area contributed by atoms with Gasteiger partial charge in [0.1, 0.15) is 6.54 Å². The molecule has 1 aromatic carbocycles. The van der Waals surface area contributed by atoms with Crippen LogP contribution in [0, 0.1) is 0 Å². The molecule has 1 saturated carbocycles. The van der Waals surface area contributed by atoms with Crippen molar-refractivity contribution in [3.8, 4) is 11.4 Å². The van der Waals surface area contributed by atoms with Gasteiger partial charge in [-0.25, -0.2) is 9.67 Å². The fourth-order valence-corrected chi connectivity index (χ4v) is 4.24. The van der Waals surface area contributed by atoms with Gasteiger partial charge in [-0.05, 0) is 37.1 Å². The molecule has 0 spiro atoms. The van der Waals surface area contributed by atoms with Crippen LogP contribution in [0.3, 0.4) is 0 Å². The average Bonchev–Trinajstić information content (AvgIpc) is 3.43. The summed E-state index contributed by atoms with van der Waals surface area (Å²) < 4.78 is 1.54. The van der Waals surface area contributed by atoms with E-state index in [4.69, 9.17) is 0 Å². The molecule has 160 valence electrons. The number of nitrogens with zero attached hydrogens (tertiary/aromatic N) is 4. The van der Waals surface area contributed by atoms with Crippen molar-refractivity contribution >= 4 is 29.3 Å². The predicted molar refractivity (Wildman–Crippen MR) is 119 cm³/mol. The summed E-state index contributed by atoms with van der Waals surface area (Å²) in [6.45, 7) is -0.000441. The third-order valence-electron chi connectivity index (χ3n) is 4.98. The molecule has 8 nitrogen and oxygen atoms in total. The SMILES string of the molecule is O=C(Cn1nc(-c2ccncc2)nc1SCC(=O)NC1CCCC1)Nc1ccccc1. The maximum atomic E-state index is 12.5. The number of amides is 2. The first-order chi connectivity index (χ1) is 15.2. The molecule has 9 heteroatoms. The normalized spacial score (nSPS) is 13.8. The second-order valence-corrected chi connectivity index (χ2v) is 8.31. The molecule has 0 atom stereocenters. The van der Waals surface area contributed by atoms with Gasteiger partial charge in [-0.1, -0.05) is 42.8 Å². The average molecular weight is 437 g/mol. The van der Waals surface area contributed by atoms with Gasteiger partial charge in [0.15, 0.2) is 11.0 Å². The highest BCUT2D eigenvalue weighted by atomic mass is 32.2. The maximum Gasteiger partial charge on any atom is 0.246 e. The van der Waals surface area contributed by atoms with E-state index in [1.54, 1.807) is 17.1 Å². The zero-order chi connectivity index (χ0) is 21.5. The summed E-state index contributed by atoms with van der Waals surface area (Å²) in [5, 5.41) is 11.0. The van der Waals surface area contributed by atoms with Crippen molar-refractivity contribution in [1.82, 2.24) is 25.1 Å². The van der Waals surface area contributed by atoms with E-state index in [1.165, 1.54) is 11.8 Å². The van der Waals surface area contributed by atoms with Crippen LogP contribution in [0.4, 0.5) is 5.69 Å². The lowest BCUT2D eigenvalue weighted by Crippen LogP contribution is -2.33. The Hall–Kier alpha value is -3.20. The molecule has 3 aromatic rings. The van der Waals surface area contributed by atoms with E-state index < -0.39 is 0 Å². The molecule has 4 rings (SSSR count). The summed E-state index contributed by atoms with van der Waals surface area (Å²) in [7, 11) is 0. The molecule has 0 radical (unpaired) electrons. The Balaban J connectivity index is 1.46. The van der Waals surface area contributed by atoms with Crippen molar-refractivity contribution < 1.29 is 9.59 Å². The van der Waals surface area contributed by atoms with Crippen molar-refractivity contribution in [3.63, 3.8) is 0 Å². The van der Waals surface area contributed by atoms with E-state index in [0.29, 0.717) is 16.7 Å². The number of carbonyl (C=O) groups excluding carboxylic acids is 2. The summed E-state index contributed by atoms with van der Waals surface area (Å²) in [4.78, 5) is 33.5. The quantitative estimate of drug-likeness (QED) is 0.526. The van der Waals surface area contributed by atoms with E-state index in [9.17, 15) is 9.59 Å². The Kier molecular flexibility index (Phi) is 6.93. The van der Waals surface area contributed by atoms with E-state index in [0.717, 1.165) is 31.2 Å². The monoisotopic (exact) mass is 436 g/mol. The molecule has 31 heavy (non-hydrogen) atoms. The number of para-hydroxylation sites is 1. The Morgan fingerprint density at radius 1 is 1.03 bits per heavy atom. The van der Waals surface area contributed by atoms with Crippen molar-refractivity contribution in [2.75, 3.05) is 11.1 Å². The molecule has 1 fully saturated rings. The van der Waals surface area contributed by atoms with Gasteiger partial charge in [-0.15, -0.1) is 5.10 Å². The number of aromatic nitrogens is 4. The minimum Gasteiger partial charge on any atom is -0.353 e. The molecule has 0 bridgehead atoms. The number of anilines is 1. The third-order valence-corrected chi connectivity index (χ3v) is 5.95. The highest BCUT2D eigenvalue weighted by Crippen LogP contribution is 2.22. The second-order valence-electron chi connectivity index (χ2n) is 7.36. The number of hydrogen-bond acceptors (Lipinski definition) is 6. The first-order valence-corrected chi connectivity index (χ1v) is 11.3. The lowest BCUT2D eigenvalue weighted by molar-refractivity contribution is -0.119. The standard InChI is InChI=1S/C22H24N6O2S/c29-19(24-17-6-2-1-3-7-17)14-28-22(26-21(27-28)16-10-12-23-13-11-16)31-15-20(30)25-18-8-4-5-9-18/h1-3,6-7,10-13,18H,4-5,8-9,14-15H2,(H,24,29)(H,25,30). The number of hydrogen-bond donors (Lipinski definition) is 2. The Morgan fingerprint density at radius 3 is 2.52 bits per heavy atom. The molecule has 2 amide bonds. The first kappa shape index (κ1) is 21.0. The minimum absolute atomic E-state index is 0.000441. The zero-order valence-corrected chi connectivity index (χ0v) is 17.8. The smallest absolute Gasteiger partial charge is 0.246 e. The number of carbonyl (C=O) groups is 2. The van der Waals surface area contributed by atoms with E-state index in [-0.39, 0.29) is 30.2 Å². The molecule has 0 aliphatic heterocycles. The lowest BCUT2D eigenvalue weighted by Gasteiger charge is -2.11. The topological polar surface area (TPSA) is 102 Å². The third kappa shape index (κ3) is 5.91. The zero-order valence-electron chi connectivity index (χ0n) is 17.0. The van der Waals surface area contributed by atoms with Crippen LogP contribution in [-0.2, 0) is 16.1 Å². The van der Waals surface area contributed by atoms with Gasteiger partial charge < -0.3 is 10.6 Å². The summed E-state index contributed by atoms with van der Waals surface area (Å²) in [6.07, 6.45) is 7.74. The Bertz CT molecular complexity index is 1020. The lowest BCUT2D eigenvalue weighted by atomic mass is 10.2. The predicted octanol–water partition coefficient (Wildman–Crippen LogP) is 3.13. The van der Waals surface area contributed by atoms with E-state index in [1.807, 2.05) is 42.5 Å². The summed E-state index contributed by atoms with van der Waals surface area (Å²) in [6, 6.07) is 13.1. The van der Waals surface area contributed by atoms with Crippen LogP contribution >= 0.6 is 11.8 Å². The van der Waals surface area contributed by atoms with Gasteiger partial charge in [-0.3, -0.25) is 14.6 Å². The van der Waals surface area contributed by atoms with Crippen LogP contribution in [0.25, 0.3) is 11.4 Å². The Labute approximate surface area is 184 Å². The van der Waals surface area contributed by atoms with Crippen molar-refractivity contribution in [2.45, 2.75) is 43.4 Å². The number of benzene rings is 1. The van der Waals surface area contributed by atoms with Gasteiger partial charge in [-0.2, -0.15) is 0 Å². The van der Waals surface area contributed by atoms with Crippen LogP contribution < -0.4 is 10.6 Å². The fraction of sp³-hybridized carbons (Fsp3) is 0.318. The number of pyridine rings is 1. The molecule has 1 aliphatic rings. The van der Waals surface area contributed by atoms with Gasteiger partial charge in [0.2, 0.25) is 11.8 Å². The molecule has 1 aliphatic carbocycles. The van der Waals surface area contributed by atoms with Crippen LogP contribution in [-0.4, -0.2) is 43.4 Å². The minimum atomic E-state index is -0.213.